The molecule has 1 aromatic carbocycles. The van der Waals surface area contributed by atoms with E-state index in [-0.39, 0.29) is 18.0 Å². The van der Waals surface area contributed by atoms with Gasteiger partial charge < -0.3 is 10.5 Å². The first-order valence-corrected chi connectivity index (χ1v) is 6.70. The van der Waals surface area contributed by atoms with Gasteiger partial charge in [-0.25, -0.2) is 12.8 Å². The summed E-state index contributed by atoms with van der Waals surface area (Å²) in [6.45, 7) is 1.66. The van der Waals surface area contributed by atoms with Crippen LogP contribution in [0.15, 0.2) is 18.2 Å². The molecule has 0 fully saturated rings. The monoisotopic (exact) mass is 276 g/mol. The average molecular weight is 276 g/mol. The third kappa shape index (κ3) is 4.21. The first-order chi connectivity index (χ1) is 8.34. The van der Waals surface area contributed by atoms with Crippen molar-refractivity contribution in [3.8, 4) is 0 Å². The van der Waals surface area contributed by atoms with E-state index in [9.17, 15) is 17.6 Å². The number of nitrogens with two attached hydrogens (primary N) is 1. The van der Waals surface area contributed by atoms with Crippen LogP contribution in [-0.4, -0.2) is 26.7 Å². The summed E-state index contributed by atoms with van der Waals surface area (Å²) in [6.07, 6.45) is 0. The summed E-state index contributed by atoms with van der Waals surface area (Å²) in [5.74, 6) is -2.32. The molecule has 8 heteroatoms. The largest absolute Gasteiger partial charge is 0.465 e. The predicted octanol–water partition coefficient (Wildman–Crippen LogP) is 0.713. The number of carbonyl (C=O) groups is 1. The normalized spacial score (nSPS) is 11.0. The van der Waals surface area contributed by atoms with Crippen LogP contribution in [-0.2, 0) is 19.6 Å². The quantitative estimate of drug-likeness (QED) is 0.609. The van der Waals surface area contributed by atoms with Crippen LogP contribution in [0, 0.1) is 5.82 Å². The van der Waals surface area contributed by atoms with Crippen molar-refractivity contribution in [1.29, 1.82) is 0 Å². The smallest absolute Gasteiger partial charge is 0.323 e. The number of nitrogens with one attached hydrogen (secondary N) is 1. The maximum Gasteiger partial charge on any atom is 0.323 e. The van der Waals surface area contributed by atoms with Crippen LogP contribution in [0.3, 0.4) is 0 Å². The molecule has 100 valence electrons. The third-order valence-corrected chi connectivity index (χ3v) is 3.04. The Labute approximate surface area is 104 Å². The Morgan fingerprint density at radius 3 is 2.72 bits per heavy atom. The van der Waals surface area contributed by atoms with Crippen molar-refractivity contribution in [2.24, 2.45) is 0 Å². The van der Waals surface area contributed by atoms with Crippen LogP contribution < -0.4 is 10.5 Å². The summed E-state index contributed by atoms with van der Waals surface area (Å²) in [4.78, 5) is 11.0. The minimum Gasteiger partial charge on any atom is -0.465 e. The number of anilines is 2. The third-order valence-electron chi connectivity index (χ3n) is 1.88. The van der Waals surface area contributed by atoms with Crippen molar-refractivity contribution in [3.63, 3.8) is 0 Å². The van der Waals surface area contributed by atoms with Gasteiger partial charge in [0.2, 0.25) is 10.0 Å². The van der Waals surface area contributed by atoms with Gasteiger partial charge in [-0.05, 0) is 25.1 Å². The molecule has 0 bridgehead atoms. The predicted molar refractivity (Wildman–Crippen MR) is 64.9 cm³/mol. The van der Waals surface area contributed by atoms with E-state index in [2.05, 4.69) is 9.46 Å². The van der Waals surface area contributed by atoms with E-state index >= 15 is 0 Å². The second-order valence-corrected chi connectivity index (χ2v) is 5.12. The van der Waals surface area contributed by atoms with Crippen LogP contribution in [0.5, 0.6) is 0 Å². The minimum absolute atomic E-state index is 0.0817. The number of hydrogen-bond acceptors (Lipinski definition) is 5. The van der Waals surface area contributed by atoms with Gasteiger partial charge in [-0.2, -0.15) is 0 Å². The maximum atomic E-state index is 12.9. The number of nitrogen functional groups attached to an aromatic ring is 1. The highest BCUT2D eigenvalue weighted by Gasteiger charge is 2.17. The van der Waals surface area contributed by atoms with Crippen molar-refractivity contribution < 1.29 is 22.3 Å². The fraction of sp³-hybridized carbons (Fsp3) is 0.300. The molecule has 0 radical (unpaired) electrons. The SMILES string of the molecule is CCOC(=O)CS(=O)(=O)Nc1ccc(F)c(N)c1. The van der Waals surface area contributed by atoms with Gasteiger partial charge in [-0.15, -0.1) is 0 Å². The summed E-state index contributed by atoms with van der Waals surface area (Å²) in [5.41, 5.74) is 5.18. The molecule has 1 rings (SSSR count). The highest BCUT2D eigenvalue weighted by molar-refractivity contribution is 7.93. The highest BCUT2D eigenvalue weighted by atomic mass is 32.2. The fourth-order valence-corrected chi connectivity index (χ4v) is 2.13. The standard InChI is InChI=1S/C10H13FN2O4S/c1-2-17-10(14)6-18(15,16)13-7-3-4-8(11)9(12)5-7/h3-5,13H,2,6,12H2,1H3. The molecule has 1 aromatic rings. The van der Waals surface area contributed by atoms with E-state index in [1.165, 1.54) is 6.07 Å². The number of ether oxygens (including phenoxy) is 1. The Kier molecular flexibility index (Phi) is 4.49. The summed E-state index contributed by atoms with van der Waals surface area (Å²) in [5, 5.41) is 0. The number of rotatable bonds is 5. The van der Waals surface area contributed by atoms with Gasteiger partial charge in [0, 0.05) is 0 Å². The number of sulfonamides is 1. The molecule has 0 spiro atoms. The van der Waals surface area contributed by atoms with Gasteiger partial charge in [0.1, 0.15) is 5.82 Å². The molecule has 0 aromatic heterocycles. The van der Waals surface area contributed by atoms with E-state index in [1.807, 2.05) is 0 Å². The van der Waals surface area contributed by atoms with Gasteiger partial charge in [0.25, 0.3) is 0 Å². The molecule has 0 saturated heterocycles. The van der Waals surface area contributed by atoms with Crippen LogP contribution in [0.4, 0.5) is 15.8 Å². The Morgan fingerprint density at radius 1 is 1.50 bits per heavy atom. The van der Waals surface area contributed by atoms with Crippen LogP contribution in [0.25, 0.3) is 0 Å². The Balaban J connectivity index is 2.76. The molecule has 0 unspecified atom stereocenters. The first kappa shape index (κ1) is 14.2. The van der Waals surface area contributed by atoms with E-state index in [1.54, 1.807) is 6.92 Å². The van der Waals surface area contributed by atoms with Crippen LogP contribution in [0.2, 0.25) is 0 Å². The van der Waals surface area contributed by atoms with Crippen LogP contribution >= 0.6 is 0 Å². The number of esters is 1. The summed E-state index contributed by atoms with van der Waals surface area (Å²) < 4.78 is 42.6. The molecule has 18 heavy (non-hydrogen) atoms. The molecule has 0 amide bonds. The van der Waals surface area contributed by atoms with Crippen LogP contribution in [0.1, 0.15) is 6.92 Å². The molecule has 0 aliphatic rings. The van der Waals surface area contributed by atoms with Gasteiger partial charge in [0.05, 0.1) is 18.0 Å². The lowest BCUT2D eigenvalue weighted by molar-refractivity contribution is -0.139. The van der Waals surface area contributed by atoms with Gasteiger partial charge in [-0.1, -0.05) is 0 Å². The maximum absolute atomic E-state index is 12.9. The molecule has 0 atom stereocenters. The molecular weight excluding hydrogens is 263 g/mol. The number of benzene rings is 1. The van der Waals surface area contributed by atoms with Crippen molar-refractivity contribution in [1.82, 2.24) is 0 Å². The lowest BCUT2D eigenvalue weighted by Crippen LogP contribution is -2.24. The average Bonchev–Trinajstić information content (AvgIpc) is 2.22. The first-order valence-electron chi connectivity index (χ1n) is 5.05. The molecular formula is C10H13FN2O4S. The Bertz CT molecular complexity index is 545. The number of halogens is 1. The molecule has 0 aliphatic carbocycles. The van der Waals surface area contributed by atoms with E-state index in [0.717, 1.165) is 12.1 Å². The molecule has 0 heterocycles. The summed E-state index contributed by atoms with van der Waals surface area (Å²) in [7, 11) is -3.89. The second kappa shape index (κ2) is 5.67. The minimum atomic E-state index is -3.89. The van der Waals surface area contributed by atoms with Crippen molar-refractivity contribution in [3.05, 3.63) is 24.0 Å². The zero-order valence-electron chi connectivity index (χ0n) is 9.64. The number of hydrogen-bond donors (Lipinski definition) is 2. The summed E-state index contributed by atoms with van der Waals surface area (Å²) >= 11 is 0. The lowest BCUT2D eigenvalue weighted by Gasteiger charge is -2.08. The van der Waals surface area contributed by atoms with Gasteiger partial charge in [-0.3, -0.25) is 9.52 Å². The van der Waals surface area contributed by atoms with Gasteiger partial charge in [0.15, 0.2) is 5.75 Å². The van der Waals surface area contributed by atoms with Gasteiger partial charge >= 0.3 is 5.97 Å². The number of carbonyl (C=O) groups excluding carboxylic acids is 1. The molecule has 0 aliphatic heterocycles. The topological polar surface area (TPSA) is 98.5 Å². The Morgan fingerprint density at radius 2 is 2.17 bits per heavy atom. The fourth-order valence-electron chi connectivity index (χ4n) is 1.18. The molecule has 3 N–H and O–H groups in total. The second-order valence-electron chi connectivity index (χ2n) is 3.40. The van der Waals surface area contributed by atoms with Crippen molar-refractivity contribution in [2.45, 2.75) is 6.92 Å². The van der Waals surface area contributed by atoms with Crippen molar-refractivity contribution >= 4 is 27.4 Å². The van der Waals surface area contributed by atoms with E-state index < -0.39 is 27.6 Å². The van der Waals surface area contributed by atoms with E-state index in [0.29, 0.717) is 0 Å². The van der Waals surface area contributed by atoms with Crippen molar-refractivity contribution in [2.75, 3.05) is 22.8 Å². The lowest BCUT2D eigenvalue weighted by atomic mass is 10.3. The Hall–Kier alpha value is -1.83. The van der Waals surface area contributed by atoms with E-state index in [4.69, 9.17) is 5.73 Å². The zero-order valence-corrected chi connectivity index (χ0v) is 10.5. The molecule has 6 nitrogen and oxygen atoms in total. The highest BCUT2D eigenvalue weighted by Crippen LogP contribution is 2.17. The summed E-state index contributed by atoms with van der Waals surface area (Å²) in [6, 6.07) is 3.35. The zero-order chi connectivity index (χ0) is 13.8. The molecule has 0 saturated carbocycles.